The van der Waals surface area contributed by atoms with Crippen LogP contribution in [0.1, 0.15) is 37.0 Å². The third kappa shape index (κ3) is 3.44. The molecule has 5 nitrogen and oxygen atoms in total. The van der Waals surface area contributed by atoms with Gasteiger partial charge < -0.3 is 15.4 Å². The Labute approximate surface area is 113 Å². The Balaban J connectivity index is 2.02. The molecule has 1 aromatic heterocycles. The molecule has 0 saturated carbocycles. The van der Waals surface area contributed by atoms with Gasteiger partial charge in [-0.05, 0) is 38.8 Å². The van der Waals surface area contributed by atoms with Gasteiger partial charge in [-0.3, -0.25) is 4.79 Å². The molecule has 2 atom stereocenters. The van der Waals surface area contributed by atoms with Gasteiger partial charge in [0.15, 0.2) is 0 Å². The lowest BCUT2D eigenvalue weighted by molar-refractivity contribution is 0.0712. The Kier molecular flexibility index (Phi) is 4.74. The monoisotopic (exact) mass is 263 g/mol. The maximum atomic E-state index is 12.3. The smallest absolute Gasteiger partial charge is 0.255 e. The van der Waals surface area contributed by atoms with Crippen LogP contribution in [-0.4, -0.2) is 36.2 Å². The predicted molar refractivity (Wildman–Crippen MR) is 74.3 cm³/mol. The van der Waals surface area contributed by atoms with E-state index in [-0.39, 0.29) is 18.1 Å². The lowest BCUT2D eigenvalue weighted by Gasteiger charge is -2.20. The zero-order valence-corrected chi connectivity index (χ0v) is 11.5. The molecule has 1 fully saturated rings. The molecule has 1 aliphatic rings. The Hall–Kier alpha value is -1.62. The molecule has 0 bridgehead atoms. The molecule has 2 N–H and O–H groups in total. The molecule has 2 rings (SSSR count). The Morgan fingerprint density at radius 3 is 3.16 bits per heavy atom. The second-order valence-corrected chi connectivity index (χ2v) is 4.74. The first kappa shape index (κ1) is 13.8. The predicted octanol–water partition coefficient (Wildman–Crippen LogP) is 1.81. The third-order valence-electron chi connectivity index (χ3n) is 3.28. The highest BCUT2D eigenvalue weighted by molar-refractivity contribution is 5.98. The maximum Gasteiger partial charge on any atom is 0.255 e. The average molecular weight is 263 g/mol. The molecule has 5 heteroatoms. The molecule has 0 aromatic carbocycles. The van der Waals surface area contributed by atoms with Crippen molar-refractivity contribution in [3.8, 4) is 0 Å². The molecule has 0 aliphatic carbocycles. The lowest BCUT2D eigenvalue weighted by atomic mass is 10.1. The fourth-order valence-corrected chi connectivity index (χ4v) is 2.27. The third-order valence-corrected chi connectivity index (χ3v) is 3.28. The molecule has 0 spiro atoms. The molecular weight excluding hydrogens is 242 g/mol. The van der Waals surface area contributed by atoms with Crippen molar-refractivity contribution in [2.24, 2.45) is 0 Å². The standard InChI is InChI=1S/C14H21N3O2/c1-3-15-13-11(6-4-8-16-13)14(18)17-10(2)12-7-5-9-19-12/h4,6,8,10,12H,3,5,7,9H2,1-2H3,(H,15,16)(H,17,18). The fourth-order valence-electron chi connectivity index (χ4n) is 2.27. The highest BCUT2D eigenvalue weighted by Crippen LogP contribution is 2.17. The van der Waals surface area contributed by atoms with Crippen LogP contribution in [0.4, 0.5) is 5.82 Å². The molecule has 2 unspecified atom stereocenters. The van der Waals surface area contributed by atoms with Gasteiger partial charge >= 0.3 is 0 Å². The summed E-state index contributed by atoms with van der Waals surface area (Å²) in [4.78, 5) is 16.5. The quantitative estimate of drug-likeness (QED) is 0.850. The van der Waals surface area contributed by atoms with Gasteiger partial charge in [-0.1, -0.05) is 0 Å². The number of amides is 1. The van der Waals surface area contributed by atoms with Crippen molar-refractivity contribution in [3.63, 3.8) is 0 Å². The second kappa shape index (κ2) is 6.52. The van der Waals surface area contributed by atoms with Gasteiger partial charge in [0.05, 0.1) is 17.7 Å². The number of nitrogens with one attached hydrogen (secondary N) is 2. The number of ether oxygens (including phenoxy) is 1. The van der Waals surface area contributed by atoms with E-state index in [4.69, 9.17) is 4.74 Å². The topological polar surface area (TPSA) is 63.2 Å². The minimum atomic E-state index is -0.105. The number of anilines is 1. The molecule has 2 heterocycles. The summed E-state index contributed by atoms with van der Waals surface area (Å²) in [6.45, 7) is 5.49. The average Bonchev–Trinajstić information content (AvgIpc) is 2.93. The molecule has 0 radical (unpaired) electrons. The number of carbonyl (C=O) groups is 1. The van der Waals surface area contributed by atoms with Crippen LogP contribution in [0.15, 0.2) is 18.3 Å². The van der Waals surface area contributed by atoms with Gasteiger partial charge in [0.1, 0.15) is 5.82 Å². The highest BCUT2D eigenvalue weighted by atomic mass is 16.5. The van der Waals surface area contributed by atoms with E-state index in [1.165, 1.54) is 0 Å². The number of nitrogens with zero attached hydrogens (tertiary/aromatic N) is 1. The van der Waals surface area contributed by atoms with Crippen LogP contribution < -0.4 is 10.6 Å². The van der Waals surface area contributed by atoms with E-state index < -0.39 is 0 Å². The molecule has 104 valence electrons. The fraction of sp³-hybridized carbons (Fsp3) is 0.571. The van der Waals surface area contributed by atoms with E-state index in [9.17, 15) is 4.79 Å². The minimum absolute atomic E-state index is 0.0182. The van der Waals surface area contributed by atoms with Gasteiger partial charge in [-0.2, -0.15) is 0 Å². The van der Waals surface area contributed by atoms with E-state index in [0.29, 0.717) is 11.4 Å². The Morgan fingerprint density at radius 1 is 1.63 bits per heavy atom. The van der Waals surface area contributed by atoms with Crippen LogP contribution >= 0.6 is 0 Å². The van der Waals surface area contributed by atoms with Crippen molar-refractivity contribution in [1.82, 2.24) is 10.3 Å². The summed E-state index contributed by atoms with van der Waals surface area (Å²) >= 11 is 0. The number of hydrogen-bond donors (Lipinski definition) is 2. The summed E-state index contributed by atoms with van der Waals surface area (Å²) in [7, 11) is 0. The van der Waals surface area contributed by atoms with E-state index in [1.54, 1.807) is 18.3 Å². The molecular formula is C14H21N3O2. The van der Waals surface area contributed by atoms with Crippen molar-refractivity contribution >= 4 is 11.7 Å². The lowest BCUT2D eigenvalue weighted by Crippen LogP contribution is -2.41. The maximum absolute atomic E-state index is 12.3. The van der Waals surface area contributed by atoms with Crippen LogP contribution in [-0.2, 0) is 4.74 Å². The Bertz CT molecular complexity index is 430. The number of pyridine rings is 1. The molecule has 1 saturated heterocycles. The summed E-state index contributed by atoms with van der Waals surface area (Å²) in [5.74, 6) is 0.522. The number of aromatic nitrogens is 1. The largest absolute Gasteiger partial charge is 0.376 e. The summed E-state index contributed by atoms with van der Waals surface area (Å²) in [6.07, 6.45) is 3.89. The van der Waals surface area contributed by atoms with Gasteiger partial charge in [0.25, 0.3) is 5.91 Å². The van der Waals surface area contributed by atoms with E-state index >= 15 is 0 Å². The van der Waals surface area contributed by atoms with Crippen LogP contribution in [0.5, 0.6) is 0 Å². The van der Waals surface area contributed by atoms with Crippen molar-refractivity contribution in [2.45, 2.75) is 38.8 Å². The van der Waals surface area contributed by atoms with E-state index in [2.05, 4.69) is 15.6 Å². The molecule has 1 aromatic rings. The van der Waals surface area contributed by atoms with Crippen molar-refractivity contribution in [1.29, 1.82) is 0 Å². The Morgan fingerprint density at radius 2 is 2.47 bits per heavy atom. The summed E-state index contributed by atoms with van der Waals surface area (Å²) < 4.78 is 5.58. The SMILES string of the molecule is CCNc1ncccc1C(=O)NC(C)C1CCCO1. The molecule has 1 amide bonds. The normalized spacial score (nSPS) is 20.0. The number of carbonyl (C=O) groups excluding carboxylic acids is 1. The summed E-state index contributed by atoms with van der Waals surface area (Å²) in [6, 6.07) is 3.57. The van der Waals surface area contributed by atoms with E-state index in [1.807, 2.05) is 13.8 Å². The van der Waals surface area contributed by atoms with Gasteiger partial charge in [0, 0.05) is 19.3 Å². The number of rotatable bonds is 5. The van der Waals surface area contributed by atoms with Crippen LogP contribution in [0.2, 0.25) is 0 Å². The minimum Gasteiger partial charge on any atom is -0.376 e. The summed E-state index contributed by atoms with van der Waals surface area (Å²) in [5, 5.41) is 6.09. The van der Waals surface area contributed by atoms with Crippen molar-refractivity contribution < 1.29 is 9.53 Å². The number of hydrogen-bond acceptors (Lipinski definition) is 4. The first-order valence-electron chi connectivity index (χ1n) is 6.83. The van der Waals surface area contributed by atoms with Crippen LogP contribution in [0.3, 0.4) is 0 Å². The zero-order chi connectivity index (χ0) is 13.7. The first-order chi connectivity index (χ1) is 9.22. The van der Waals surface area contributed by atoms with Gasteiger partial charge in [-0.25, -0.2) is 4.98 Å². The van der Waals surface area contributed by atoms with E-state index in [0.717, 1.165) is 26.0 Å². The van der Waals surface area contributed by atoms with Gasteiger partial charge in [-0.15, -0.1) is 0 Å². The molecule has 1 aliphatic heterocycles. The first-order valence-corrected chi connectivity index (χ1v) is 6.83. The highest BCUT2D eigenvalue weighted by Gasteiger charge is 2.24. The van der Waals surface area contributed by atoms with Crippen LogP contribution in [0, 0.1) is 0 Å². The van der Waals surface area contributed by atoms with Crippen LogP contribution in [0.25, 0.3) is 0 Å². The summed E-state index contributed by atoms with van der Waals surface area (Å²) in [5.41, 5.74) is 0.578. The molecule has 19 heavy (non-hydrogen) atoms. The van der Waals surface area contributed by atoms with Crippen molar-refractivity contribution in [2.75, 3.05) is 18.5 Å². The second-order valence-electron chi connectivity index (χ2n) is 4.74. The van der Waals surface area contributed by atoms with Crippen molar-refractivity contribution in [3.05, 3.63) is 23.9 Å². The zero-order valence-electron chi connectivity index (χ0n) is 11.5. The van der Waals surface area contributed by atoms with Gasteiger partial charge in [0.2, 0.25) is 0 Å².